The third-order valence-electron chi connectivity index (χ3n) is 4.98. The topological polar surface area (TPSA) is 29.5 Å². The lowest BCUT2D eigenvalue weighted by Crippen LogP contribution is -2.41. The molecule has 1 fully saturated rings. The van der Waals surface area contributed by atoms with Crippen molar-refractivity contribution in [1.29, 1.82) is 0 Å². The third-order valence-corrected chi connectivity index (χ3v) is 4.98. The van der Waals surface area contributed by atoms with Crippen LogP contribution in [0, 0.1) is 11.8 Å². The number of benzene rings is 1. The number of aliphatic hydroxyl groups excluding tert-OH is 1. The van der Waals surface area contributed by atoms with Crippen LogP contribution in [-0.4, -0.2) is 17.3 Å². The molecular weight excluding hydrogens is 260 g/mol. The first-order valence-corrected chi connectivity index (χ1v) is 8.26. The molecular formula is C19H30O2. The van der Waals surface area contributed by atoms with E-state index in [0.29, 0.717) is 11.8 Å². The molecule has 2 heteroatoms. The molecule has 21 heavy (non-hydrogen) atoms. The number of rotatable bonds is 4. The minimum atomic E-state index is -0.185. The van der Waals surface area contributed by atoms with E-state index in [-0.39, 0.29) is 17.6 Å². The Morgan fingerprint density at radius 3 is 2.29 bits per heavy atom. The molecule has 3 atom stereocenters. The Balaban J connectivity index is 2.15. The van der Waals surface area contributed by atoms with Crippen LogP contribution in [0.5, 0.6) is 5.75 Å². The summed E-state index contributed by atoms with van der Waals surface area (Å²) >= 11 is 0. The van der Waals surface area contributed by atoms with Crippen LogP contribution in [0.15, 0.2) is 24.3 Å². The molecule has 2 nitrogen and oxygen atoms in total. The van der Waals surface area contributed by atoms with Crippen molar-refractivity contribution >= 4 is 0 Å². The number of hydrogen-bond acceptors (Lipinski definition) is 2. The Morgan fingerprint density at radius 2 is 1.76 bits per heavy atom. The number of ether oxygens (including phenoxy) is 1. The molecule has 0 bridgehead atoms. The Bertz CT molecular complexity index is 447. The summed E-state index contributed by atoms with van der Waals surface area (Å²) < 4.78 is 5.71. The lowest BCUT2D eigenvalue weighted by atomic mass is 9.64. The highest BCUT2D eigenvalue weighted by Gasteiger charge is 2.39. The number of aliphatic hydroxyl groups is 1. The molecule has 0 saturated heterocycles. The van der Waals surface area contributed by atoms with E-state index in [1.165, 1.54) is 12.0 Å². The molecule has 2 rings (SSSR count). The van der Waals surface area contributed by atoms with Crippen molar-refractivity contribution in [3.05, 3.63) is 29.8 Å². The van der Waals surface area contributed by atoms with Crippen molar-refractivity contribution in [3.8, 4) is 5.75 Å². The van der Waals surface area contributed by atoms with Gasteiger partial charge < -0.3 is 9.84 Å². The summed E-state index contributed by atoms with van der Waals surface area (Å²) in [6.07, 6.45) is 3.28. The summed E-state index contributed by atoms with van der Waals surface area (Å²) in [4.78, 5) is 0. The minimum absolute atomic E-state index is 0.00405. The molecule has 3 unspecified atom stereocenters. The average Bonchev–Trinajstić information content (AvgIpc) is 2.38. The van der Waals surface area contributed by atoms with Crippen molar-refractivity contribution in [2.45, 2.75) is 71.5 Å². The monoisotopic (exact) mass is 290 g/mol. The van der Waals surface area contributed by atoms with E-state index >= 15 is 0 Å². The molecule has 1 aromatic carbocycles. The molecule has 0 aliphatic heterocycles. The normalized spacial score (nSPS) is 26.9. The lowest BCUT2D eigenvalue weighted by molar-refractivity contribution is 0.0143. The van der Waals surface area contributed by atoms with E-state index in [4.69, 9.17) is 4.74 Å². The van der Waals surface area contributed by atoms with Crippen LogP contribution < -0.4 is 4.74 Å². The highest BCUT2D eigenvalue weighted by molar-refractivity contribution is 5.32. The van der Waals surface area contributed by atoms with Gasteiger partial charge in [0.2, 0.25) is 0 Å². The zero-order chi connectivity index (χ0) is 15.6. The maximum absolute atomic E-state index is 10.5. The summed E-state index contributed by atoms with van der Waals surface area (Å²) in [6.45, 7) is 10.8. The maximum atomic E-state index is 10.5. The van der Waals surface area contributed by atoms with Crippen LogP contribution in [0.4, 0.5) is 0 Å². The van der Waals surface area contributed by atoms with Crippen LogP contribution in [0.3, 0.4) is 0 Å². The average molecular weight is 290 g/mol. The molecule has 1 aliphatic carbocycles. The van der Waals surface area contributed by atoms with Crippen LogP contribution in [0.1, 0.15) is 59.4 Å². The van der Waals surface area contributed by atoms with Crippen LogP contribution >= 0.6 is 0 Å². The van der Waals surface area contributed by atoms with Gasteiger partial charge in [0.25, 0.3) is 0 Å². The van der Waals surface area contributed by atoms with E-state index in [9.17, 15) is 5.11 Å². The zero-order valence-corrected chi connectivity index (χ0v) is 14.1. The second-order valence-electron chi connectivity index (χ2n) is 7.50. The fourth-order valence-corrected chi connectivity index (χ4v) is 3.64. The van der Waals surface area contributed by atoms with E-state index in [2.05, 4.69) is 45.0 Å². The molecule has 1 aliphatic rings. The van der Waals surface area contributed by atoms with Gasteiger partial charge in [0, 0.05) is 0 Å². The molecule has 1 N–H and O–H groups in total. The van der Waals surface area contributed by atoms with Gasteiger partial charge in [0.05, 0.1) is 12.2 Å². The summed E-state index contributed by atoms with van der Waals surface area (Å²) in [6, 6.07) is 8.41. The van der Waals surface area contributed by atoms with Crippen molar-refractivity contribution in [2.24, 2.45) is 11.8 Å². The Kier molecular flexibility index (Phi) is 4.98. The van der Waals surface area contributed by atoms with E-state index < -0.39 is 0 Å². The SMILES string of the molecule is CC1CCC(C(C)(C)c2ccc(OC(C)C)cc2)C(O)C1. The van der Waals surface area contributed by atoms with E-state index in [0.717, 1.165) is 18.6 Å². The van der Waals surface area contributed by atoms with Gasteiger partial charge in [-0.25, -0.2) is 0 Å². The highest BCUT2D eigenvalue weighted by Crippen LogP contribution is 2.42. The van der Waals surface area contributed by atoms with Crippen molar-refractivity contribution < 1.29 is 9.84 Å². The first-order valence-electron chi connectivity index (χ1n) is 8.26. The summed E-state index contributed by atoms with van der Waals surface area (Å²) in [7, 11) is 0. The molecule has 0 radical (unpaired) electrons. The van der Waals surface area contributed by atoms with Crippen molar-refractivity contribution in [3.63, 3.8) is 0 Å². The van der Waals surface area contributed by atoms with Gasteiger partial charge in [-0.15, -0.1) is 0 Å². The fourth-order valence-electron chi connectivity index (χ4n) is 3.64. The van der Waals surface area contributed by atoms with Gasteiger partial charge in [-0.1, -0.05) is 39.3 Å². The summed E-state index contributed by atoms with van der Waals surface area (Å²) in [5, 5.41) is 10.5. The number of hydrogen-bond donors (Lipinski definition) is 1. The standard InChI is InChI=1S/C19H30O2/c1-13(2)21-16-9-7-15(8-10-16)19(4,5)17-11-6-14(3)12-18(17)20/h7-10,13-14,17-18,20H,6,11-12H2,1-5H3. The highest BCUT2D eigenvalue weighted by atomic mass is 16.5. The fraction of sp³-hybridized carbons (Fsp3) is 0.684. The predicted octanol–water partition coefficient (Wildman–Crippen LogP) is 4.55. The summed E-state index contributed by atoms with van der Waals surface area (Å²) in [5.41, 5.74) is 1.29. The quantitative estimate of drug-likeness (QED) is 0.881. The molecule has 0 amide bonds. The summed E-state index contributed by atoms with van der Waals surface area (Å²) in [5.74, 6) is 1.90. The molecule has 0 spiro atoms. The molecule has 0 aromatic heterocycles. The maximum Gasteiger partial charge on any atom is 0.119 e. The van der Waals surface area contributed by atoms with Crippen LogP contribution in [0.2, 0.25) is 0 Å². The van der Waals surface area contributed by atoms with Gasteiger partial charge in [-0.3, -0.25) is 0 Å². The van der Waals surface area contributed by atoms with Crippen LogP contribution in [-0.2, 0) is 5.41 Å². The second kappa shape index (κ2) is 6.39. The van der Waals surface area contributed by atoms with Crippen molar-refractivity contribution in [2.75, 3.05) is 0 Å². The van der Waals surface area contributed by atoms with Gasteiger partial charge in [-0.05, 0) is 61.6 Å². The van der Waals surface area contributed by atoms with Crippen LogP contribution in [0.25, 0.3) is 0 Å². The van der Waals surface area contributed by atoms with Gasteiger partial charge >= 0.3 is 0 Å². The molecule has 0 heterocycles. The first-order chi connectivity index (χ1) is 9.80. The smallest absolute Gasteiger partial charge is 0.119 e. The third kappa shape index (κ3) is 3.79. The van der Waals surface area contributed by atoms with Gasteiger partial charge in [0.1, 0.15) is 5.75 Å². The minimum Gasteiger partial charge on any atom is -0.491 e. The Morgan fingerprint density at radius 1 is 1.14 bits per heavy atom. The van der Waals surface area contributed by atoms with E-state index in [1.54, 1.807) is 0 Å². The molecule has 1 saturated carbocycles. The Hall–Kier alpha value is -1.02. The van der Waals surface area contributed by atoms with Crippen molar-refractivity contribution in [1.82, 2.24) is 0 Å². The molecule has 1 aromatic rings. The van der Waals surface area contributed by atoms with E-state index in [1.807, 2.05) is 13.8 Å². The van der Waals surface area contributed by atoms with Gasteiger partial charge in [0.15, 0.2) is 0 Å². The first kappa shape index (κ1) is 16.4. The largest absolute Gasteiger partial charge is 0.491 e. The molecule has 118 valence electrons. The van der Waals surface area contributed by atoms with Gasteiger partial charge in [-0.2, -0.15) is 0 Å². The lowest BCUT2D eigenvalue weighted by Gasteiger charge is -2.42. The Labute approximate surface area is 129 Å². The predicted molar refractivity (Wildman–Crippen MR) is 87.7 cm³/mol. The zero-order valence-electron chi connectivity index (χ0n) is 14.1. The second-order valence-corrected chi connectivity index (χ2v) is 7.50.